The van der Waals surface area contributed by atoms with Gasteiger partial charge in [0.25, 0.3) is 0 Å². The van der Waals surface area contributed by atoms with Crippen LogP contribution in [0.25, 0.3) is 10.8 Å². The Morgan fingerprint density at radius 3 is 1.12 bits per heavy atom. The van der Waals surface area contributed by atoms with Gasteiger partial charge in [-0.25, -0.2) is 9.59 Å². The van der Waals surface area contributed by atoms with Gasteiger partial charge in [-0.05, 0) is 109 Å². The van der Waals surface area contributed by atoms with Gasteiger partial charge in [0, 0.05) is 12.8 Å². The first-order valence-electron chi connectivity index (χ1n) is 28.3. The lowest BCUT2D eigenvalue weighted by molar-refractivity contribution is -0.151. The minimum Gasteiger partial charge on any atom is -0.494 e. The van der Waals surface area contributed by atoms with Crippen LogP contribution in [-0.2, 0) is 61.0 Å². The van der Waals surface area contributed by atoms with Crippen LogP contribution in [0, 0.1) is 23.7 Å². The zero-order valence-corrected chi connectivity index (χ0v) is 49.0. The van der Waals surface area contributed by atoms with E-state index in [0.29, 0.717) is 11.5 Å². The van der Waals surface area contributed by atoms with E-state index in [1.165, 1.54) is 13.8 Å². The van der Waals surface area contributed by atoms with Crippen molar-refractivity contribution in [2.45, 2.75) is 169 Å². The van der Waals surface area contributed by atoms with Gasteiger partial charge in [0.05, 0.1) is 25.4 Å². The number of nitrogens with one attached hydrogen (secondary N) is 6. The van der Waals surface area contributed by atoms with E-state index in [0.717, 1.165) is 21.9 Å². The highest BCUT2D eigenvalue weighted by molar-refractivity contribution is 5.95. The zero-order valence-electron chi connectivity index (χ0n) is 49.0. The number of fused-ring (bicyclic) bond motifs is 1. The van der Waals surface area contributed by atoms with Crippen molar-refractivity contribution in [3.8, 4) is 11.5 Å². The number of aliphatic hydroxyl groups excluding tert-OH is 2. The maximum Gasteiger partial charge on any atom is 0.329 e. The highest BCUT2D eigenvalue weighted by Gasteiger charge is 2.35. The summed E-state index contributed by atoms with van der Waals surface area (Å²) in [4.78, 5) is 107. The number of esters is 2. The predicted octanol–water partition coefficient (Wildman–Crippen LogP) is 5.72. The number of benzene rings is 4. The summed E-state index contributed by atoms with van der Waals surface area (Å²) in [7, 11) is 0. The molecule has 0 spiro atoms. The van der Waals surface area contributed by atoms with Gasteiger partial charge in [-0.15, -0.1) is 0 Å². The van der Waals surface area contributed by atoms with Gasteiger partial charge >= 0.3 is 11.9 Å². The Kier molecular flexibility index (Phi) is 27.8. The van der Waals surface area contributed by atoms with E-state index >= 15 is 0 Å². The van der Waals surface area contributed by atoms with Crippen molar-refractivity contribution in [3.63, 3.8) is 0 Å². The van der Waals surface area contributed by atoms with E-state index in [2.05, 4.69) is 31.9 Å². The van der Waals surface area contributed by atoms with Gasteiger partial charge in [-0.3, -0.25) is 28.8 Å². The number of rotatable bonds is 34. The molecule has 4 aromatic rings. The molecule has 0 aromatic heterocycles. The third-order valence-electron chi connectivity index (χ3n) is 13.1. The van der Waals surface area contributed by atoms with Crippen LogP contribution in [0.2, 0.25) is 0 Å². The molecule has 0 aliphatic carbocycles. The molecule has 0 aliphatic heterocycles. The lowest BCUT2D eigenvalue weighted by atomic mass is 9.99. The lowest BCUT2D eigenvalue weighted by Gasteiger charge is -2.28. The topological polar surface area (TPSA) is 286 Å². The molecule has 8 atom stereocenters. The van der Waals surface area contributed by atoms with Crippen molar-refractivity contribution in [3.05, 3.63) is 108 Å². The average Bonchev–Trinajstić information content (AvgIpc) is 3.42. The Morgan fingerprint density at radius 2 is 0.793 bits per heavy atom. The molecule has 6 amide bonds. The summed E-state index contributed by atoms with van der Waals surface area (Å²) in [6.45, 7) is 17.6. The van der Waals surface area contributed by atoms with E-state index in [-0.39, 0.29) is 88.6 Å². The molecule has 448 valence electrons. The van der Waals surface area contributed by atoms with E-state index in [1.54, 1.807) is 39.8 Å². The van der Waals surface area contributed by atoms with Crippen molar-refractivity contribution in [2.24, 2.45) is 23.7 Å². The molecular formula is C62H86N6O14. The summed E-state index contributed by atoms with van der Waals surface area (Å²) in [5.41, 5.74) is 1.57. The van der Waals surface area contributed by atoms with Crippen LogP contribution in [-0.4, -0.2) is 119 Å². The van der Waals surface area contributed by atoms with Gasteiger partial charge in [0.15, 0.2) is 0 Å². The molecule has 4 aromatic carbocycles. The Balaban J connectivity index is 1.23. The maximum atomic E-state index is 13.6. The summed E-state index contributed by atoms with van der Waals surface area (Å²) in [6, 6.07) is 22.3. The monoisotopic (exact) mass is 1140 g/mol. The van der Waals surface area contributed by atoms with Gasteiger partial charge < -0.3 is 61.1 Å². The third kappa shape index (κ3) is 23.1. The minimum atomic E-state index is -1.38. The number of hydrogen-bond donors (Lipinski definition) is 8. The fraction of sp³-hybridized carbons (Fsp3) is 0.516. The number of amides is 6. The molecule has 0 unspecified atom stereocenters. The molecule has 0 fully saturated rings. The van der Waals surface area contributed by atoms with Crippen LogP contribution in [0.4, 0.5) is 0 Å². The molecular weight excluding hydrogens is 1050 g/mol. The number of carbonyl (C=O) groups is 8. The highest BCUT2D eigenvalue weighted by Crippen LogP contribution is 2.26. The molecule has 0 bridgehead atoms. The van der Waals surface area contributed by atoms with Crippen LogP contribution >= 0.6 is 0 Å². The molecule has 0 heterocycles. The second kappa shape index (κ2) is 34.0. The zero-order chi connectivity index (χ0) is 60.5. The summed E-state index contributed by atoms with van der Waals surface area (Å²) >= 11 is 0. The average molecular weight is 1140 g/mol. The van der Waals surface area contributed by atoms with E-state index in [9.17, 15) is 48.6 Å². The molecule has 82 heavy (non-hydrogen) atoms. The third-order valence-corrected chi connectivity index (χ3v) is 13.1. The second-order valence-electron chi connectivity index (χ2n) is 22.2. The molecule has 4 rings (SSSR count). The van der Waals surface area contributed by atoms with Gasteiger partial charge in [-0.2, -0.15) is 0 Å². The fourth-order valence-corrected chi connectivity index (χ4v) is 8.60. The van der Waals surface area contributed by atoms with E-state index < -0.39 is 95.8 Å². The first kappa shape index (κ1) is 66.9. The molecule has 8 N–H and O–H groups in total. The van der Waals surface area contributed by atoms with Gasteiger partial charge in [-0.1, -0.05) is 128 Å². The molecule has 0 aliphatic rings. The predicted molar refractivity (Wildman–Crippen MR) is 309 cm³/mol. The normalized spacial score (nSPS) is 14.3. The maximum absolute atomic E-state index is 13.6. The molecule has 20 nitrogen and oxygen atoms in total. The smallest absolute Gasteiger partial charge is 0.329 e. The standard InChI is InChI=1S/C62H86N6O14/c1-37(2)31-49(57(73)67-53(39(5)6)61(77)81-35-43-19-13-11-14-20-43)63-59(75)55(41(9)69)65-51(71)23-17-29-79-47-27-25-45-26-28-48(34-46(45)33-47)80-30-18-24-52(72)66-56(42(10)70)60(76)64-50(32-38(3)4)58(74)68-54(40(7)8)62(78)82-36-44-21-15-12-16-22-44/h11-16,19-22,25-28,33-34,37-42,49-50,53-56,69-70H,17-18,23-24,29-32,35-36H2,1-10H3,(H,63,75)(H,64,76)(H,65,71)(H,66,72)(H,67,73)(H,68,74)/t41-,42-,49+,50+,53+,54+,55+,56+/m1/s1. The van der Waals surface area contributed by atoms with Crippen LogP contribution in [0.5, 0.6) is 11.5 Å². The summed E-state index contributed by atoms with van der Waals surface area (Å²) < 4.78 is 22.9. The highest BCUT2D eigenvalue weighted by atomic mass is 16.5. The lowest BCUT2D eigenvalue weighted by Crippen LogP contribution is -2.59. The largest absolute Gasteiger partial charge is 0.494 e. The van der Waals surface area contributed by atoms with E-state index in [4.69, 9.17) is 18.9 Å². The van der Waals surface area contributed by atoms with Crippen molar-refractivity contribution in [1.82, 2.24) is 31.9 Å². The summed E-state index contributed by atoms with van der Waals surface area (Å²) in [5.74, 6) is -4.75. The SMILES string of the molecule is CC(C)C[C@H](NC(=O)[C@@H](NC(=O)CCCOc1ccc2ccc(OCCCC(=O)N[C@H](C(=O)N[C@@H](CC(C)C)C(=O)N[C@H](C(=O)OCc3ccccc3)C(C)C)[C@@H](C)O)cc2c1)[C@@H](C)O)C(=O)N[C@H](C(=O)OCc1ccccc1)C(C)C. The summed E-state index contributed by atoms with van der Waals surface area (Å²) in [6.07, 6.45) is -1.76. The van der Waals surface area contributed by atoms with Crippen molar-refractivity contribution < 1.29 is 67.5 Å². The Hall–Kier alpha value is -7.58. The molecule has 0 saturated heterocycles. The van der Waals surface area contributed by atoms with Crippen LogP contribution in [0.1, 0.15) is 119 Å². The second-order valence-corrected chi connectivity index (χ2v) is 22.2. The first-order chi connectivity index (χ1) is 38.9. The number of carbonyl (C=O) groups excluding carboxylic acids is 8. The molecule has 20 heteroatoms. The first-order valence-corrected chi connectivity index (χ1v) is 28.3. The number of ether oxygens (including phenoxy) is 4. The molecule has 0 saturated carbocycles. The quantitative estimate of drug-likeness (QED) is 0.0205. The Morgan fingerprint density at radius 1 is 0.427 bits per heavy atom. The van der Waals surface area contributed by atoms with Gasteiger partial charge in [0.1, 0.15) is 61.0 Å². The van der Waals surface area contributed by atoms with Crippen LogP contribution < -0.4 is 41.4 Å². The van der Waals surface area contributed by atoms with Crippen molar-refractivity contribution in [1.29, 1.82) is 0 Å². The van der Waals surface area contributed by atoms with Crippen molar-refractivity contribution in [2.75, 3.05) is 13.2 Å². The van der Waals surface area contributed by atoms with E-state index in [1.807, 2.05) is 113 Å². The minimum absolute atomic E-state index is 0.0258. The number of hydrogen-bond acceptors (Lipinski definition) is 14. The molecule has 0 radical (unpaired) electrons. The summed E-state index contributed by atoms with van der Waals surface area (Å²) in [5, 5.41) is 38.8. The van der Waals surface area contributed by atoms with Gasteiger partial charge in [0.2, 0.25) is 35.4 Å². The van der Waals surface area contributed by atoms with Crippen LogP contribution in [0.3, 0.4) is 0 Å². The number of aliphatic hydroxyl groups is 2. The Labute approximate surface area is 481 Å². The fourth-order valence-electron chi connectivity index (χ4n) is 8.60. The van der Waals surface area contributed by atoms with Crippen LogP contribution in [0.15, 0.2) is 97.1 Å². The van der Waals surface area contributed by atoms with Crippen molar-refractivity contribution >= 4 is 58.2 Å². The Bertz CT molecular complexity index is 2520.